The van der Waals surface area contributed by atoms with Gasteiger partial charge in [-0.3, -0.25) is 4.68 Å². The van der Waals surface area contributed by atoms with Gasteiger partial charge in [0.25, 0.3) is 0 Å². The lowest BCUT2D eigenvalue weighted by Crippen LogP contribution is -2.12. The van der Waals surface area contributed by atoms with Gasteiger partial charge < -0.3 is 5.32 Å². The average Bonchev–Trinajstić information content (AvgIpc) is 2.61. The maximum absolute atomic E-state index is 4.64. The Morgan fingerprint density at radius 2 is 2.00 bits per heavy atom. The van der Waals surface area contributed by atoms with E-state index in [1.807, 2.05) is 11.7 Å². The summed E-state index contributed by atoms with van der Waals surface area (Å²) in [6.07, 6.45) is 6.78. The first kappa shape index (κ1) is 11.5. The van der Waals surface area contributed by atoms with Gasteiger partial charge in [-0.1, -0.05) is 19.3 Å². The van der Waals surface area contributed by atoms with Crippen molar-refractivity contribution in [3.05, 3.63) is 11.8 Å². The van der Waals surface area contributed by atoms with Gasteiger partial charge in [0.15, 0.2) is 0 Å². The zero-order chi connectivity index (χ0) is 11.5. The summed E-state index contributed by atoms with van der Waals surface area (Å²) in [7, 11) is 2.02. The largest absolute Gasteiger partial charge is 0.368 e. The van der Waals surface area contributed by atoms with Crippen LogP contribution in [-0.4, -0.2) is 15.8 Å². The molecule has 1 heterocycles. The Morgan fingerprint density at radius 1 is 1.31 bits per heavy atom. The first-order chi connectivity index (χ1) is 7.66. The lowest BCUT2D eigenvalue weighted by Gasteiger charge is -2.19. The van der Waals surface area contributed by atoms with Gasteiger partial charge in [-0.05, 0) is 26.7 Å². The van der Waals surface area contributed by atoms with E-state index in [-0.39, 0.29) is 0 Å². The predicted octanol–water partition coefficient (Wildman–Crippen LogP) is 3.29. The Labute approximate surface area is 98.2 Å². The standard InChI is InChI=1S/C13H23N3/c1-10(2)14-13-9-12(15-16(13)3)11-7-5-4-6-8-11/h9-11,14H,4-8H2,1-3H3. The van der Waals surface area contributed by atoms with Gasteiger partial charge in [0.2, 0.25) is 0 Å². The van der Waals surface area contributed by atoms with Crippen molar-refractivity contribution in [2.24, 2.45) is 7.05 Å². The van der Waals surface area contributed by atoms with Crippen LogP contribution in [0.1, 0.15) is 57.6 Å². The Morgan fingerprint density at radius 3 is 2.62 bits per heavy atom. The maximum atomic E-state index is 4.64. The third-order valence-corrected chi connectivity index (χ3v) is 3.36. The predicted molar refractivity (Wildman–Crippen MR) is 67.8 cm³/mol. The van der Waals surface area contributed by atoms with E-state index in [2.05, 4.69) is 30.3 Å². The van der Waals surface area contributed by atoms with E-state index in [4.69, 9.17) is 0 Å². The highest BCUT2D eigenvalue weighted by molar-refractivity contribution is 5.38. The third-order valence-electron chi connectivity index (χ3n) is 3.36. The Balaban J connectivity index is 2.09. The number of rotatable bonds is 3. The summed E-state index contributed by atoms with van der Waals surface area (Å²) < 4.78 is 1.98. The zero-order valence-electron chi connectivity index (χ0n) is 10.7. The van der Waals surface area contributed by atoms with Gasteiger partial charge >= 0.3 is 0 Å². The van der Waals surface area contributed by atoms with Crippen molar-refractivity contribution in [3.8, 4) is 0 Å². The van der Waals surface area contributed by atoms with Crippen molar-refractivity contribution in [1.29, 1.82) is 0 Å². The molecule has 0 amide bonds. The summed E-state index contributed by atoms with van der Waals surface area (Å²) in [6.45, 7) is 4.32. The molecule has 16 heavy (non-hydrogen) atoms. The second kappa shape index (κ2) is 4.89. The molecule has 0 radical (unpaired) electrons. The molecule has 3 nitrogen and oxygen atoms in total. The van der Waals surface area contributed by atoms with E-state index < -0.39 is 0 Å². The molecule has 1 N–H and O–H groups in total. The van der Waals surface area contributed by atoms with Crippen molar-refractivity contribution in [2.45, 2.75) is 57.9 Å². The van der Waals surface area contributed by atoms with E-state index in [0.29, 0.717) is 12.0 Å². The van der Waals surface area contributed by atoms with Crippen molar-refractivity contribution in [2.75, 3.05) is 5.32 Å². The molecule has 0 bridgehead atoms. The molecule has 1 aliphatic carbocycles. The van der Waals surface area contributed by atoms with Gasteiger partial charge in [0.1, 0.15) is 5.82 Å². The molecule has 1 aromatic heterocycles. The van der Waals surface area contributed by atoms with Gasteiger partial charge in [-0.15, -0.1) is 0 Å². The van der Waals surface area contributed by atoms with E-state index in [1.165, 1.54) is 37.8 Å². The molecule has 0 unspecified atom stereocenters. The summed E-state index contributed by atoms with van der Waals surface area (Å²) in [4.78, 5) is 0. The molecule has 90 valence electrons. The summed E-state index contributed by atoms with van der Waals surface area (Å²) in [5.74, 6) is 1.85. The number of anilines is 1. The van der Waals surface area contributed by atoms with E-state index in [9.17, 15) is 0 Å². The number of aromatic nitrogens is 2. The molecule has 0 atom stereocenters. The van der Waals surface area contributed by atoms with Crippen LogP contribution in [0.25, 0.3) is 0 Å². The van der Waals surface area contributed by atoms with E-state index in [1.54, 1.807) is 0 Å². The summed E-state index contributed by atoms with van der Waals surface area (Å²) in [5, 5.41) is 8.07. The normalized spacial score (nSPS) is 18.0. The zero-order valence-corrected chi connectivity index (χ0v) is 10.7. The fraction of sp³-hybridized carbons (Fsp3) is 0.769. The first-order valence-corrected chi connectivity index (χ1v) is 6.47. The van der Waals surface area contributed by atoms with Crippen LogP contribution in [0.2, 0.25) is 0 Å². The smallest absolute Gasteiger partial charge is 0.124 e. The molecule has 1 fully saturated rings. The van der Waals surface area contributed by atoms with Crippen LogP contribution in [0.4, 0.5) is 5.82 Å². The second-order valence-corrected chi connectivity index (χ2v) is 5.21. The van der Waals surface area contributed by atoms with Gasteiger partial charge in [0.05, 0.1) is 5.69 Å². The molecule has 0 aliphatic heterocycles. The van der Waals surface area contributed by atoms with E-state index >= 15 is 0 Å². The first-order valence-electron chi connectivity index (χ1n) is 6.47. The molecular weight excluding hydrogens is 198 g/mol. The number of nitrogens with zero attached hydrogens (tertiary/aromatic N) is 2. The Hall–Kier alpha value is -0.990. The SMILES string of the molecule is CC(C)Nc1cc(C2CCCCC2)nn1C. The van der Waals surface area contributed by atoms with Crippen LogP contribution in [-0.2, 0) is 7.05 Å². The highest BCUT2D eigenvalue weighted by atomic mass is 15.3. The monoisotopic (exact) mass is 221 g/mol. The minimum absolute atomic E-state index is 0.467. The van der Waals surface area contributed by atoms with E-state index in [0.717, 1.165) is 5.82 Å². The van der Waals surface area contributed by atoms with Crippen molar-refractivity contribution < 1.29 is 0 Å². The summed E-state index contributed by atoms with van der Waals surface area (Å²) in [6, 6.07) is 2.70. The highest BCUT2D eigenvalue weighted by Gasteiger charge is 2.19. The minimum atomic E-state index is 0.467. The number of hydrogen-bond acceptors (Lipinski definition) is 2. The molecule has 3 heteroatoms. The second-order valence-electron chi connectivity index (χ2n) is 5.21. The van der Waals surface area contributed by atoms with Crippen LogP contribution >= 0.6 is 0 Å². The van der Waals surface area contributed by atoms with Crippen LogP contribution < -0.4 is 5.32 Å². The number of aryl methyl sites for hydroxylation is 1. The molecule has 0 aromatic carbocycles. The molecule has 1 aromatic rings. The third kappa shape index (κ3) is 2.57. The molecular formula is C13H23N3. The minimum Gasteiger partial charge on any atom is -0.368 e. The number of hydrogen-bond donors (Lipinski definition) is 1. The molecule has 0 saturated heterocycles. The van der Waals surface area contributed by atoms with Crippen molar-refractivity contribution in [1.82, 2.24) is 9.78 Å². The highest BCUT2D eigenvalue weighted by Crippen LogP contribution is 2.32. The van der Waals surface area contributed by atoms with Gasteiger partial charge in [-0.25, -0.2) is 0 Å². The molecule has 2 rings (SSSR count). The lowest BCUT2D eigenvalue weighted by atomic mass is 9.87. The van der Waals surface area contributed by atoms with Crippen molar-refractivity contribution >= 4 is 5.82 Å². The Kier molecular flexibility index (Phi) is 3.52. The molecule has 1 saturated carbocycles. The molecule has 0 spiro atoms. The maximum Gasteiger partial charge on any atom is 0.124 e. The lowest BCUT2D eigenvalue weighted by molar-refractivity contribution is 0.433. The van der Waals surface area contributed by atoms with Gasteiger partial charge in [-0.2, -0.15) is 5.10 Å². The fourth-order valence-corrected chi connectivity index (χ4v) is 2.52. The van der Waals surface area contributed by atoms with Crippen LogP contribution in [0.15, 0.2) is 6.07 Å². The Bertz CT molecular complexity index is 335. The van der Waals surface area contributed by atoms with Crippen LogP contribution in [0.3, 0.4) is 0 Å². The molecule has 1 aliphatic rings. The van der Waals surface area contributed by atoms with Gasteiger partial charge in [0, 0.05) is 25.1 Å². The average molecular weight is 221 g/mol. The summed E-state index contributed by atoms with van der Waals surface area (Å²) in [5.41, 5.74) is 1.28. The van der Waals surface area contributed by atoms with Crippen molar-refractivity contribution in [3.63, 3.8) is 0 Å². The quantitative estimate of drug-likeness (QED) is 0.848. The summed E-state index contributed by atoms with van der Waals surface area (Å²) >= 11 is 0. The fourth-order valence-electron chi connectivity index (χ4n) is 2.52. The van der Waals surface area contributed by atoms with Crippen LogP contribution in [0, 0.1) is 0 Å². The number of nitrogens with one attached hydrogen (secondary N) is 1. The van der Waals surface area contributed by atoms with Crippen LogP contribution in [0.5, 0.6) is 0 Å². The topological polar surface area (TPSA) is 29.9 Å².